The van der Waals surface area contributed by atoms with Crippen LogP contribution in [0.15, 0.2) is 0 Å². The van der Waals surface area contributed by atoms with E-state index in [1.807, 2.05) is 14.2 Å². The van der Waals surface area contributed by atoms with Gasteiger partial charge in [-0.15, -0.1) is 0 Å². The van der Waals surface area contributed by atoms with Crippen LogP contribution in [0.25, 0.3) is 0 Å². The summed E-state index contributed by atoms with van der Waals surface area (Å²) in [5.41, 5.74) is 0.355. The first-order valence-electron chi connectivity index (χ1n) is 6.74. The fourth-order valence-electron chi connectivity index (χ4n) is 2.66. The molecule has 0 aromatic rings. The summed E-state index contributed by atoms with van der Waals surface area (Å²) in [6.45, 7) is 8.53. The molecule has 0 aromatic heterocycles. The second-order valence-electron chi connectivity index (χ2n) is 6.32. The van der Waals surface area contributed by atoms with Gasteiger partial charge in [0.15, 0.2) is 0 Å². The summed E-state index contributed by atoms with van der Waals surface area (Å²) in [6.07, 6.45) is 4.37. The van der Waals surface area contributed by atoms with Crippen molar-refractivity contribution in [2.45, 2.75) is 58.1 Å². The van der Waals surface area contributed by atoms with E-state index in [9.17, 15) is 0 Å². The van der Waals surface area contributed by atoms with E-state index < -0.39 is 0 Å². The Hall–Kier alpha value is -0.120. The third-order valence-electron chi connectivity index (χ3n) is 3.91. The number of hydrogen-bond acceptors (Lipinski definition) is 3. The van der Waals surface area contributed by atoms with Crippen molar-refractivity contribution in [1.82, 2.24) is 5.32 Å². The smallest absolute Gasteiger partial charge is 0.0874 e. The molecule has 3 heteroatoms. The molecule has 1 unspecified atom stereocenters. The topological polar surface area (TPSA) is 30.5 Å². The summed E-state index contributed by atoms with van der Waals surface area (Å²) < 4.78 is 11.3. The van der Waals surface area contributed by atoms with E-state index in [0.29, 0.717) is 11.5 Å². The van der Waals surface area contributed by atoms with Crippen molar-refractivity contribution in [3.8, 4) is 0 Å². The maximum Gasteiger partial charge on any atom is 0.0874 e. The average Bonchev–Trinajstić information content (AvgIpc) is 2.29. The molecular formula is C14H29NO2. The van der Waals surface area contributed by atoms with Crippen LogP contribution in [0.4, 0.5) is 0 Å². The molecule has 0 radical (unpaired) electrons. The number of methoxy groups -OCH3 is 1. The Morgan fingerprint density at radius 1 is 1.29 bits per heavy atom. The van der Waals surface area contributed by atoms with Crippen LogP contribution in [0.2, 0.25) is 0 Å². The molecule has 1 aliphatic rings. The van der Waals surface area contributed by atoms with Gasteiger partial charge in [-0.1, -0.05) is 20.8 Å². The highest BCUT2D eigenvalue weighted by Gasteiger charge is 2.39. The average molecular weight is 243 g/mol. The number of nitrogens with one attached hydrogen (secondary N) is 1. The first-order chi connectivity index (χ1) is 7.93. The molecule has 0 aliphatic carbocycles. The van der Waals surface area contributed by atoms with Gasteiger partial charge in [0.2, 0.25) is 0 Å². The second-order valence-corrected chi connectivity index (χ2v) is 6.32. The number of hydrogen-bond donors (Lipinski definition) is 1. The van der Waals surface area contributed by atoms with Gasteiger partial charge in [-0.3, -0.25) is 0 Å². The van der Waals surface area contributed by atoms with Crippen LogP contribution in [-0.4, -0.2) is 39.0 Å². The molecule has 0 bridgehead atoms. The molecule has 17 heavy (non-hydrogen) atoms. The third-order valence-corrected chi connectivity index (χ3v) is 3.91. The standard InChI is InChI=1S/C14H29NO2/c1-13(2,3)7-6-12(15-4)14(16-5)8-10-17-11-9-14/h12,15H,6-11H2,1-5H3. The van der Waals surface area contributed by atoms with Crippen LogP contribution >= 0.6 is 0 Å². The van der Waals surface area contributed by atoms with E-state index in [1.165, 1.54) is 6.42 Å². The molecular weight excluding hydrogens is 214 g/mol. The Morgan fingerprint density at radius 2 is 1.88 bits per heavy atom. The van der Waals surface area contributed by atoms with Crippen LogP contribution in [0.5, 0.6) is 0 Å². The minimum atomic E-state index is -0.0295. The number of rotatable bonds is 5. The zero-order valence-corrected chi connectivity index (χ0v) is 12.1. The van der Waals surface area contributed by atoms with Gasteiger partial charge < -0.3 is 14.8 Å². The molecule has 1 saturated heterocycles. The predicted molar refractivity (Wildman–Crippen MR) is 71.3 cm³/mol. The molecule has 3 nitrogen and oxygen atoms in total. The Balaban J connectivity index is 2.62. The van der Waals surface area contributed by atoms with E-state index in [4.69, 9.17) is 9.47 Å². The molecule has 1 aliphatic heterocycles. The first-order valence-corrected chi connectivity index (χ1v) is 6.74. The lowest BCUT2D eigenvalue weighted by Gasteiger charge is -2.43. The Kier molecular flexibility index (Phi) is 5.42. The number of likely N-dealkylation sites (N-methyl/N-ethyl adjacent to an activating group) is 1. The summed E-state index contributed by atoms with van der Waals surface area (Å²) in [4.78, 5) is 0. The highest BCUT2D eigenvalue weighted by molar-refractivity contribution is 4.94. The zero-order valence-electron chi connectivity index (χ0n) is 12.1. The van der Waals surface area contributed by atoms with Crippen molar-refractivity contribution in [3.05, 3.63) is 0 Å². The van der Waals surface area contributed by atoms with Crippen LogP contribution in [-0.2, 0) is 9.47 Å². The molecule has 1 heterocycles. The molecule has 0 aromatic carbocycles. The van der Waals surface area contributed by atoms with Crippen molar-refractivity contribution >= 4 is 0 Å². The lowest BCUT2D eigenvalue weighted by molar-refractivity contribution is -0.111. The monoisotopic (exact) mass is 243 g/mol. The van der Waals surface area contributed by atoms with Crippen LogP contribution in [0.3, 0.4) is 0 Å². The maximum atomic E-state index is 5.85. The lowest BCUT2D eigenvalue weighted by atomic mass is 9.80. The second kappa shape index (κ2) is 6.17. The molecule has 0 amide bonds. The van der Waals surface area contributed by atoms with Crippen molar-refractivity contribution in [3.63, 3.8) is 0 Å². The van der Waals surface area contributed by atoms with Crippen molar-refractivity contribution in [1.29, 1.82) is 0 Å². The van der Waals surface area contributed by atoms with Gasteiger partial charge in [0.1, 0.15) is 0 Å². The van der Waals surface area contributed by atoms with Crippen molar-refractivity contribution in [2.24, 2.45) is 5.41 Å². The fraction of sp³-hybridized carbons (Fsp3) is 1.00. The highest BCUT2D eigenvalue weighted by Crippen LogP contribution is 2.32. The van der Waals surface area contributed by atoms with Gasteiger partial charge in [-0.05, 0) is 25.3 Å². The van der Waals surface area contributed by atoms with Crippen molar-refractivity contribution < 1.29 is 9.47 Å². The van der Waals surface area contributed by atoms with Gasteiger partial charge in [0.25, 0.3) is 0 Å². The highest BCUT2D eigenvalue weighted by atomic mass is 16.5. The Bertz CT molecular complexity index is 217. The van der Waals surface area contributed by atoms with Gasteiger partial charge in [0.05, 0.1) is 5.60 Å². The van der Waals surface area contributed by atoms with Gasteiger partial charge in [-0.25, -0.2) is 0 Å². The van der Waals surface area contributed by atoms with Crippen LogP contribution in [0, 0.1) is 5.41 Å². The van der Waals surface area contributed by atoms with E-state index in [-0.39, 0.29) is 5.60 Å². The Morgan fingerprint density at radius 3 is 2.29 bits per heavy atom. The predicted octanol–water partition coefficient (Wildman–Crippen LogP) is 2.60. The molecule has 1 N–H and O–H groups in total. The molecule has 1 rings (SSSR count). The molecule has 1 fully saturated rings. The van der Waals surface area contributed by atoms with Crippen LogP contribution < -0.4 is 5.32 Å². The summed E-state index contributed by atoms with van der Waals surface area (Å²) in [7, 11) is 3.89. The maximum absolute atomic E-state index is 5.85. The zero-order chi connectivity index (χ0) is 12.9. The molecule has 0 spiro atoms. The molecule has 102 valence electrons. The Labute approximate surface area is 106 Å². The van der Waals surface area contributed by atoms with Gasteiger partial charge in [-0.2, -0.15) is 0 Å². The minimum Gasteiger partial charge on any atom is -0.381 e. The van der Waals surface area contributed by atoms with Crippen LogP contribution in [0.1, 0.15) is 46.5 Å². The molecule has 0 saturated carbocycles. The fourth-order valence-corrected chi connectivity index (χ4v) is 2.66. The first kappa shape index (κ1) is 14.9. The normalized spacial score (nSPS) is 22.4. The largest absolute Gasteiger partial charge is 0.381 e. The van der Waals surface area contributed by atoms with E-state index in [0.717, 1.165) is 32.5 Å². The summed E-state index contributed by atoms with van der Waals surface area (Å²) >= 11 is 0. The van der Waals surface area contributed by atoms with Crippen molar-refractivity contribution in [2.75, 3.05) is 27.4 Å². The summed E-state index contributed by atoms with van der Waals surface area (Å²) in [5, 5.41) is 3.46. The summed E-state index contributed by atoms with van der Waals surface area (Å²) in [6, 6.07) is 0.427. The van der Waals surface area contributed by atoms with E-state index in [1.54, 1.807) is 0 Å². The van der Waals surface area contributed by atoms with E-state index >= 15 is 0 Å². The lowest BCUT2D eigenvalue weighted by Crippen LogP contribution is -2.54. The third kappa shape index (κ3) is 4.23. The van der Waals surface area contributed by atoms with Gasteiger partial charge >= 0.3 is 0 Å². The SMILES string of the molecule is CNC(CCC(C)(C)C)C1(OC)CCOCC1. The number of ether oxygens (including phenoxy) is 2. The quantitative estimate of drug-likeness (QED) is 0.805. The summed E-state index contributed by atoms with van der Waals surface area (Å²) in [5.74, 6) is 0. The van der Waals surface area contributed by atoms with Gasteiger partial charge in [0, 0.05) is 39.2 Å². The molecule has 1 atom stereocenters. The minimum absolute atomic E-state index is 0.0295. The van der Waals surface area contributed by atoms with E-state index in [2.05, 4.69) is 26.1 Å².